The third-order valence-electron chi connectivity index (χ3n) is 4.72. The zero-order valence-electron chi connectivity index (χ0n) is 16.9. The summed E-state index contributed by atoms with van der Waals surface area (Å²) in [6, 6.07) is 9.42. The summed E-state index contributed by atoms with van der Waals surface area (Å²) in [7, 11) is 0. The third-order valence-corrected chi connectivity index (χ3v) is 5.68. The summed E-state index contributed by atoms with van der Waals surface area (Å²) in [6.07, 6.45) is 3.59. The minimum atomic E-state index is -0.239. The van der Waals surface area contributed by atoms with E-state index in [9.17, 15) is 9.59 Å². The molecule has 3 aromatic rings. The second-order valence-electron chi connectivity index (χ2n) is 7.01. The number of ether oxygens (including phenoxy) is 2. The molecule has 154 valence electrons. The van der Waals surface area contributed by atoms with E-state index < -0.39 is 0 Å². The molecule has 1 amide bonds. The Morgan fingerprint density at radius 2 is 1.93 bits per heavy atom. The number of aryl methyl sites for hydroxylation is 2. The number of benzene rings is 2. The van der Waals surface area contributed by atoms with Gasteiger partial charge in [-0.25, -0.2) is 4.98 Å². The van der Waals surface area contributed by atoms with Gasteiger partial charge in [-0.05, 0) is 38.5 Å². The molecule has 0 saturated heterocycles. The standard InChI is InChI=1S/C22H21N3O4S/c1-13-4-5-18(14(2)8-13)25-7-6-23-22(25)30-11-21(27)24-17-10-20-19(28-12-29-20)9-16(17)15(3)26/h4-10H,11-12H2,1-3H3,(H,24,27). The van der Waals surface area contributed by atoms with Crippen LogP contribution in [0.4, 0.5) is 5.69 Å². The van der Waals surface area contributed by atoms with Crippen molar-refractivity contribution in [2.75, 3.05) is 17.9 Å². The Bertz CT molecular complexity index is 1140. The second kappa shape index (κ2) is 8.23. The monoisotopic (exact) mass is 423 g/mol. The molecule has 0 unspecified atom stereocenters. The fraction of sp³-hybridized carbons (Fsp3) is 0.227. The van der Waals surface area contributed by atoms with E-state index in [2.05, 4.69) is 23.3 Å². The average molecular weight is 423 g/mol. The molecule has 30 heavy (non-hydrogen) atoms. The predicted molar refractivity (Wildman–Crippen MR) is 115 cm³/mol. The molecule has 0 spiro atoms. The molecule has 4 rings (SSSR count). The predicted octanol–water partition coefficient (Wildman–Crippen LogP) is 4.15. The van der Waals surface area contributed by atoms with Crippen molar-refractivity contribution in [2.45, 2.75) is 25.9 Å². The van der Waals surface area contributed by atoms with Crippen LogP contribution >= 0.6 is 11.8 Å². The molecule has 1 aliphatic heterocycles. The lowest BCUT2D eigenvalue weighted by atomic mass is 10.1. The number of anilines is 1. The number of hydrogen-bond donors (Lipinski definition) is 1. The lowest BCUT2D eigenvalue weighted by Crippen LogP contribution is -2.16. The van der Waals surface area contributed by atoms with Crippen molar-refractivity contribution in [3.05, 3.63) is 59.4 Å². The molecule has 1 N–H and O–H groups in total. The number of Topliss-reactive ketones (excluding diaryl/α,β-unsaturated/α-hetero) is 1. The van der Waals surface area contributed by atoms with Crippen LogP contribution in [0.5, 0.6) is 11.5 Å². The fourth-order valence-electron chi connectivity index (χ4n) is 3.31. The highest BCUT2D eigenvalue weighted by Crippen LogP contribution is 2.37. The van der Waals surface area contributed by atoms with Crippen molar-refractivity contribution in [1.82, 2.24) is 9.55 Å². The lowest BCUT2D eigenvalue weighted by Gasteiger charge is -2.12. The van der Waals surface area contributed by atoms with Gasteiger partial charge in [0.2, 0.25) is 12.7 Å². The van der Waals surface area contributed by atoms with Gasteiger partial charge >= 0.3 is 0 Å². The van der Waals surface area contributed by atoms with E-state index in [-0.39, 0.29) is 24.2 Å². The Hall–Kier alpha value is -3.26. The maximum atomic E-state index is 12.6. The number of imidazole rings is 1. The topological polar surface area (TPSA) is 82.5 Å². The molecule has 0 radical (unpaired) electrons. The molecule has 0 atom stereocenters. The summed E-state index contributed by atoms with van der Waals surface area (Å²) in [5, 5.41) is 3.53. The van der Waals surface area contributed by atoms with Gasteiger partial charge < -0.3 is 14.8 Å². The van der Waals surface area contributed by atoms with Crippen molar-refractivity contribution in [3.63, 3.8) is 0 Å². The third kappa shape index (κ3) is 4.04. The molecule has 0 aliphatic carbocycles. The molecule has 2 heterocycles. The number of fused-ring (bicyclic) bond motifs is 1. The van der Waals surface area contributed by atoms with Crippen molar-refractivity contribution in [3.8, 4) is 17.2 Å². The van der Waals surface area contributed by atoms with Gasteiger partial charge in [-0.3, -0.25) is 14.2 Å². The van der Waals surface area contributed by atoms with Crippen LogP contribution in [0.2, 0.25) is 0 Å². The highest BCUT2D eigenvalue weighted by molar-refractivity contribution is 7.99. The smallest absolute Gasteiger partial charge is 0.234 e. The largest absolute Gasteiger partial charge is 0.454 e. The van der Waals surface area contributed by atoms with Crippen molar-refractivity contribution < 1.29 is 19.1 Å². The van der Waals surface area contributed by atoms with Crippen molar-refractivity contribution in [1.29, 1.82) is 0 Å². The van der Waals surface area contributed by atoms with Crippen LogP contribution < -0.4 is 14.8 Å². The quantitative estimate of drug-likeness (QED) is 0.474. The summed E-state index contributed by atoms with van der Waals surface area (Å²) in [5.74, 6) is 0.753. The Morgan fingerprint density at radius 1 is 1.17 bits per heavy atom. The number of amides is 1. The number of hydrogen-bond acceptors (Lipinski definition) is 6. The van der Waals surface area contributed by atoms with Crippen molar-refractivity contribution in [2.24, 2.45) is 0 Å². The summed E-state index contributed by atoms with van der Waals surface area (Å²) in [5.41, 5.74) is 4.14. The minimum Gasteiger partial charge on any atom is -0.454 e. The molecule has 1 aromatic heterocycles. The number of nitrogens with zero attached hydrogens (tertiary/aromatic N) is 2. The maximum absolute atomic E-state index is 12.6. The van der Waals surface area contributed by atoms with E-state index in [1.54, 1.807) is 18.3 Å². The number of carbonyl (C=O) groups is 2. The Kier molecular flexibility index (Phi) is 5.50. The maximum Gasteiger partial charge on any atom is 0.234 e. The van der Waals surface area contributed by atoms with Gasteiger partial charge in [-0.1, -0.05) is 29.5 Å². The molecular formula is C22H21N3O4S. The van der Waals surface area contributed by atoms with Crippen molar-refractivity contribution >= 4 is 29.1 Å². The van der Waals surface area contributed by atoms with Gasteiger partial charge in [0.1, 0.15) is 0 Å². The van der Waals surface area contributed by atoms with Gasteiger partial charge in [0.25, 0.3) is 0 Å². The first kappa shape index (κ1) is 20.0. The van der Waals surface area contributed by atoms with Crippen LogP contribution in [0, 0.1) is 13.8 Å². The molecule has 7 nitrogen and oxygen atoms in total. The van der Waals surface area contributed by atoms with Crippen LogP contribution in [0.25, 0.3) is 5.69 Å². The second-order valence-corrected chi connectivity index (χ2v) is 7.96. The average Bonchev–Trinajstić information content (AvgIpc) is 3.34. The lowest BCUT2D eigenvalue weighted by molar-refractivity contribution is -0.113. The first-order chi connectivity index (χ1) is 14.4. The van der Waals surface area contributed by atoms with Gasteiger partial charge in [0, 0.05) is 24.0 Å². The number of thioether (sulfide) groups is 1. The molecule has 8 heteroatoms. The number of ketones is 1. The van der Waals surface area contributed by atoms with E-state index in [4.69, 9.17) is 9.47 Å². The normalized spacial score (nSPS) is 12.1. The Morgan fingerprint density at radius 3 is 2.67 bits per heavy atom. The molecule has 2 aromatic carbocycles. The molecule has 1 aliphatic rings. The Labute approximate surface area is 178 Å². The van der Waals surface area contributed by atoms with E-state index in [0.29, 0.717) is 22.7 Å². The van der Waals surface area contributed by atoms with E-state index >= 15 is 0 Å². The summed E-state index contributed by atoms with van der Waals surface area (Å²) < 4.78 is 12.6. The van der Waals surface area contributed by atoms with Gasteiger partial charge in [-0.2, -0.15) is 0 Å². The van der Waals surface area contributed by atoms with Crippen LogP contribution in [0.3, 0.4) is 0 Å². The highest BCUT2D eigenvalue weighted by Gasteiger charge is 2.20. The first-order valence-corrected chi connectivity index (χ1v) is 10.4. The summed E-state index contributed by atoms with van der Waals surface area (Å²) in [6.45, 7) is 5.65. The van der Waals surface area contributed by atoms with E-state index in [1.165, 1.54) is 24.2 Å². The summed E-state index contributed by atoms with van der Waals surface area (Å²) in [4.78, 5) is 29.0. The zero-order valence-corrected chi connectivity index (χ0v) is 17.7. The van der Waals surface area contributed by atoms with Gasteiger partial charge in [0.05, 0.1) is 17.1 Å². The summed E-state index contributed by atoms with van der Waals surface area (Å²) >= 11 is 1.33. The van der Waals surface area contributed by atoms with E-state index in [0.717, 1.165) is 16.4 Å². The van der Waals surface area contributed by atoms with Crippen LogP contribution in [-0.2, 0) is 4.79 Å². The van der Waals surface area contributed by atoms with E-state index in [1.807, 2.05) is 29.8 Å². The first-order valence-electron chi connectivity index (χ1n) is 9.40. The zero-order chi connectivity index (χ0) is 21.3. The molecular weight excluding hydrogens is 402 g/mol. The number of carbonyl (C=O) groups excluding carboxylic acids is 2. The molecule has 0 bridgehead atoms. The number of nitrogens with one attached hydrogen (secondary N) is 1. The van der Waals surface area contributed by atoms with Crippen LogP contribution in [0.1, 0.15) is 28.4 Å². The minimum absolute atomic E-state index is 0.0982. The number of rotatable bonds is 6. The molecule has 0 saturated carbocycles. The fourth-order valence-corrected chi connectivity index (χ4v) is 4.07. The Balaban J connectivity index is 1.48. The van der Waals surface area contributed by atoms with Crippen LogP contribution in [0.15, 0.2) is 47.9 Å². The van der Waals surface area contributed by atoms with Gasteiger partial charge in [-0.15, -0.1) is 0 Å². The highest BCUT2D eigenvalue weighted by atomic mass is 32.2. The van der Waals surface area contributed by atoms with Crippen LogP contribution in [-0.4, -0.2) is 33.8 Å². The number of aromatic nitrogens is 2. The van der Waals surface area contributed by atoms with Gasteiger partial charge in [0.15, 0.2) is 22.4 Å². The SMILES string of the molecule is CC(=O)c1cc2c(cc1NC(=O)CSc1nccn1-c1ccc(C)cc1C)OCO2. The molecule has 0 fully saturated rings.